The number of thiazole rings is 1. The average molecular weight is 398 g/mol. The Morgan fingerprint density at radius 2 is 2.00 bits per heavy atom. The van der Waals surface area contributed by atoms with Gasteiger partial charge >= 0.3 is 0 Å². The Bertz CT molecular complexity index is 939. The minimum absolute atomic E-state index is 0.296. The van der Waals surface area contributed by atoms with Crippen molar-refractivity contribution in [3.8, 4) is 11.5 Å². The van der Waals surface area contributed by atoms with Gasteiger partial charge in [0.15, 0.2) is 16.6 Å². The molecule has 5 aliphatic heterocycles. The molecule has 4 saturated heterocycles. The monoisotopic (exact) mass is 398 g/mol. The molecule has 2 aromatic rings. The lowest BCUT2D eigenvalue weighted by molar-refractivity contribution is 0.0355. The Morgan fingerprint density at radius 3 is 2.79 bits per heavy atom. The number of nitrogens with zero attached hydrogens (tertiary/aromatic N) is 3. The third kappa shape index (κ3) is 2.37. The van der Waals surface area contributed by atoms with E-state index in [-0.39, 0.29) is 0 Å². The summed E-state index contributed by atoms with van der Waals surface area (Å²) in [6, 6.07) is 7.26. The highest BCUT2D eigenvalue weighted by Gasteiger charge is 2.54. The topological polar surface area (TPSA) is 80.9 Å². The van der Waals surface area contributed by atoms with Crippen LogP contribution < -0.4 is 20.1 Å². The molecule has 2 bridgehead atoms. The van der Waals surface area contributed by atoms with Gasteiger partial charge in [-0.2, -0.15) is 0 Å². The molecular weight excluding hydrogens is 376 g/mol. The fraction of sp³-hybridized carbons (Fsp3) is 0.500. The molecule has 146 valence electrons. The van der Waals surface area contributed by atoms with Crippen LogP contribution in [0.4, 0.5) is 5.13 Å². The van der Waals surface area contributed by atoms with Crippen LogP contribution in [0, 0.1) is 5.92 Å². The van der Waals surface area contributed by atoms with E-state index in [2.05, 4.69) is 26.9 Å². The minimum atomic E-state index is -0.459. The molecule has 5 aliphatic rings. The van der Waals surface area contributed by atoms with Gasteiger partial charge in [0.05, 0.1) is 6.04 Å². The minimum Gasteiger partial charge on any atom is -0.454 e. The van der Waals surface area contributed by atoms with Gasteiger partial charge in [-0.05, 0) is 49.5 Å². The van der Waals surface area contributed by atoms with Crippen molar-refractivity contribution in [3.05, 3.63) is 34.8 Å². The molecule has 6 heterocycles. The molecule has 3 atom stereocenters. The number of piperidine rings is 3. The van der Waals surface area contributed by atoms with Gasteiger partial charge in [-0.3, -0.25) is 9.69 Å². The number of ether oxygens (including phenoxy) is 2. The Labute approximate surface area is 167 Å². The Morgan fingerprint density at radius 1 is 1.18 bits per heavy atom. The summed E-state index contributed by atoms with van der Waals surface area (Å²) in [5.74, 6) is 2.26. The van der Waals surface area contributed by atoms with Crippen LogP contribution >= 0.6 is 11.3 Å². The summed E-state index contributed by atoms with van der Waals surface area (Å²) >= 11 is 1.53. The van der Waals surface area contributed by atoms with Crippen LogP contribution in [0.25, 0.3) is 0 Å². The first-order valence-corrected chi connectivity index (χ1v) is 10.7. The van der Waals surface area contributed by atoms with Crippen LogP contribution in [0.5, 0.6) is 11.5 Å². The maximum absolute atomic E-state index is 11.5. The maximum Gasteiger partial charge on any atom is 0.268 e. The normalized spacial score (nSPS) is 32.6. The van der Waals surface area contributed by atoms with E-state index in [1.54, 1.807) is 5.38 Å². The first kappa shape index (κ1) is 16.6. The van der Waals surface area contributed by atoms with Gasteiger partial charge in [0.1, 0.15) is 5.69 Å². The predicted octanol–water partition coefficient (Wildman–Crippen LogP) is 2.04. The van der Waals surface area contributed by atoms with Crippen molar-refractivity contribution in [3.63, 3.8) is 0 Å². The lowest BCUT2D eigenvalue weighted by atomic mass is 9.75. The zero-order valence-corrected chi connectivity index (χ0v) is 16.2. The second-order valence-corrected chi connectivity index (χ2v) is 8.94. The second-order valence-electron chi connectivity index (χ2n) is 8.11. The number of benzene rings is 1. The summed E-state index contributed by atoms with van der Waals surface area (Å²) in [5.41, 5.74) is 7.10. The standard InChI is InChI=1S/C20H22N4O3S/c21-19(25)14-9-28-20(22-14)24-8-13(12-1-2-15-16(7-12)27-10-26-15)18-17(24)11-3-5-23(18)6-4-11/h1-2,7,9,11,13,17-18H,3-6,8,10H2,(H2,21,25)/t13-,17+,18+/m0/s1. The van der Waals surface area contributed by atoms with Crippen molar-refractivity contribution in [1.82, 2.24) is 9.88 Å². The highest BCUT2D eigenvalue weighted by atomic mass is 32.1. The van der Waals surface area contributed by atoms with Crippen molar-refractivity contribution < 1.29 is 14.3 Å². The fourth-order valence-electron chi connectivity index (χ4n) is 5.59. The molecule has 28 heavy (non-hydrogen) atoms. The van der Waals surface area contributed by atoms with Crippen molar-refractivity contribution in [2.75, 3.05) is 31.3 Å². The second kappa shape index (κ2) is 6.09. The molecule has 1 amide bonds. The summed E-state index contributed by atoms with van der Waals surface area (Å²) in [6.45, 7) is 3.54. The van der Waals surface area contributed by atoms with Gasteiger partial charge in [0.25, 0.3) is 5.91 Å². The molecule has 0 saturated carbocycles. The highest BCUT2D eigenvalue weighted by Crippen LogP contribution is 2.49. The number of anilines is 1. The van der Waals surface area contributed by atoms with Gasteiger partial charge in [0.2, 0.25) is 6.79 Å². The van der Waals surface area contributed by atoms with Crippen molar-refractivity contribution >= 4 is 22.4 Å². The molecule has 7 rings (SSSR count). The Balaban J connectivity index is 1.39. The molecule has 8 heteroatoms. The molecular formula is C20H22N4O3S. The number of amides is 1. The van der Waals surface area contributed by atoms with Crippen LogP contribution in [-0.4, -0.2) is 54.3 Å². The number of aromatic nitrogens is 1. The van der Waals surface area contributed by atoms with Crippen molar-refractivity contribution in [1.29, 1.82) is 0 Å². The van der Waals surface area contributed by atoms with Crippen LogP contribution in [0.2, 0.25) is 0 Å². The lowest BCUT2D eigenvalue weighted by Gasteiger charge is -2.51. The molecule has 4 fully saturated rings. The molecule has 0 radical (unpaired) electrons. The smallest absolute Gasteiger partial charge is 0.268 e. The number of carbonyl (C=O) groups is 1. The predicted molar refractivity (Wildman–Crippen MR) is 105 cm³/mol. The summed E-state index contributed by atoms with van der Waals surface area (Å²) < 4.78 is 11.1. The van der Waals surface area contributed by atoms with E-state index < -0.39 is 5.91 Å². The molecule has 0 spiro atoms. The molecule has 7 nitrogen and oxygen atoms in total. The van der Waals surface area contributed by atoms with Crippen LogP contribution in [0.1, 0.15) is 34.8 Å². The number of nitrogens with two attached hydrogens (primary N) is 1. The molecule has 1 aromatic carbocycles. The zero-order valence-electron chi connectivity index (χ0n) is 15.4. The van der Waals surface area contributed by atoms with E-state index in [1.165, 1.54) is 42.8 Å². The van der Waals surface area contributed by atoms with E-state index in [4.69, 9.17) is 15.2 Å². The van der Waals surface area contributed by atoms with Gasteiger partial charge in [-0.1, -0.05) is 6.07 Å². The number of rotatable bonds is 3. The van der Waals surface area contributed by atoms with Crippen molar-refractivity contribution in [2.45, 2.75) is 30.8 Å². The van der Waals surface area contributed by atoms with E-state index in [9.17, 15) is 4.79 Å². The van der Waals surface area contributed by atoms with Crippen LogP contribution in [0.3, 0.4) is 0 Å². The number of hydrogen-bond acceptors (Lipinski definition) is 7. The summed E-state index contributed by atoms with van der Waals surface area (Å²) in [4.78, 5) is 21.2. The van der Waals surface area contributed by atoms with E-state index in [0.717, 1.165) is 23.2 Å². The number of carbonyl (C=O) groups excluding carboxylic acids is 1. The van der Waals surface area contributed by atoms with Gasteiger partial charge in [-0.15, -0.1) is 11.3 Å². The number of fused-ring (bicyclic) bond motifs is 3. The molecule has 2 N–H and O–H groups in total. The van der Waals surface area contributed by atoms with Crippen LogP contribution in [-0.2, 0) is 0 Å². The van der Waals surface area contributed by atoms with E-state index in [0.29, 0.717) is 36.4 Å². The van der Waals surface area contributed by atoms with E-state index >= 15 is 0 Å². The summed E-state index contributed by atoms with van der Waals surface area (Å²) in [5, 5.41) is 2.70. The average Bonchev–Trinajstić information content (AvgIpc) is 3.45. The van der Waals surface area contributed by atoms with Crippen LogP contribution in [0.15, 0.2) is 23.6 Å². The van der Waals surface area contributed by atoms with Gasteiger partial charge in [0, 0.05) is 23.9 Å². The van der Waals surface area contributed by atoms with Gasteiger partial charge < -0.3 is 20.1 Å². The maximum atomic E-state index is 11.5. The Hall–Kier alpha value is -2.32. The highest BCUT2D eigenvalue weighted by molar-refractivity contribution is 7.14. The van der Waals surface area contributed by atoms with Gasteiger partial charge in [-0.25, -0.2) is 4.98 Å². The fourth-order valence-corrected chi connectivity index (χ4v) is 6.46. The SMILES string of the molecule is NC(=O)c1csc(N2C[C@@H](c3ccc4c(c3)OCO4)[C@@H]3[C@H]2C2CCN3CC2)n1. The quantitative estimate of drug-likeness (QED) is 0.852. The summed E-state index contributed by atoms with van der Waals surface area (Å²) in [7, 11) is 0. The number of primary amides is 1. The first-order valence-electron chi connectivity index (χ1n) is 9.84. The lowest BCUT2D eigenvalue weighted by Crippen LogP contribution is -2.60. The largest absolute Gasteiger partial charge is 0.454 e. The summed E-state index contributed by atoms with van der Waals surface area (Å²) in [6.07, 6.45) is 2.47. The zero-order chi connectivity index (χ0) is 18.8. The van der Waals surface area contributed by atoms with E-state index in [1.807, 2.05) is 6.07 Å². The molecule has 0 unspecified atom stereocenters. The third-order valence-electron chi connectivity index (χ3n) is 6.81. The van der Waals surface area contributed by atoms with Crippen molar-refractivity contribution in [2.24, 2.45) is 11.7 Å². The molecule has 0 aliphatic carbocycles. The Kier molecular flexibility index (Phi) is 3.61. The first-order chi connectivity index (χ1) is 13.7. The third-order valence-corrected chi connectivity index (χ3v) is 7.69. The molecule has 1 aromatic heterocycles. The number of hydrogen-bond donors (Lipinski definition) is 1.